The number of fused-ring (bicyclic) bond motifs is 5. The molecule has 0 heterocycles. The minimum Gasteiger partial charge on any atom is -0.411 e. The largest absolute Gasteiger partial charge is 0.411 e. The molecule has 0 aromatic carbocycles. The fourth-order valence-electron chi connectivity index (χ4n) is 7.05. The molecule has 0 bridgehead atoms. The Kier molecular flexibility index (Phi) is 3.80. The Balaban J connectivity index is 1.65. The topological polar surface area (TPSA) is 52.8 Å². The van der Waals surface area contributed by atoms with E-state index < -0.39 is 5.60 Å². The van der Waals surface area contributed by atoms with Crippen molar-refractivity contribution in [3.8, 4) is 12.3 Å². The van der Waals surface area contributed by atoms with E-state index in [2.05, 4.69) is 24.1 Å². The Bertz CT molecular complexity index is 630. The van der Waals surface area contributed by atoms with Gasteiger partial charge in [-0.3, -0.25) is 0 Å². The summed E-state index contributed by atoms with van der Waals surface area (Å²) in [5.74, 6) is 5.47. The summed E-state index contributed by atoms with van der Waals surface area (Å²) in [7, 11) is 0. The second-order valence-corrected chi connectivity index (χ2v) is 8.52. The van der Waals surface area contributed by atoms with Crippen molar-refractivity contribution in [3.63, 3.8) is 0 Å². The second kappa shape index (κ2) is 5.63. The first-order valence-electron chi connectivity index (χ1n) is 9.70. The zero-order chi connectivity index (χ0) is 16.9. The SMILES string of the molecule is C#C[C@]1(O)CC[C@H]2[C@@H]3CCC4=C/C(=N/O)CC[C@@H]4[C@H]3CCC21CC. The fourth-order valence-corrected chi connectivity index (χ4v) is 7.05. The van der Waals surface area contributed by atoms with Crippen LogP contribution in [0.15, 0.2) is 16.8 Å². The van der Waals surface area contributed by atoms with E-state index in [4.69, 9.17) is 11.6 Å². The maximum Gasteiger partial charge on any atom is 0.131 e. The van der Waals surface area contributed by atoms with E-state index in [-0.39, 0.29) is 5.41 Å². The molecule has 4 aliphatic carbocycles. The van der Waals surface area contributed by atoms with Gasteiger partial charge < -0.3 is 10.3 Å². The lowest BCUT2D eigenvalue weighted by Gasteiger charge is -2.56. The van der Waals surface area contributed by atoms with Crippen molar-refractivity contribution in [1.29, 1.82) is 0 Å². The minimum absolute atomic E-state index is 0.0590. The molecule has 3 heteroatoms. The van der Waals surface area contributed by atoms with Crippen LogP contribution >= 0.6 is 0 Å². The summed E-state index contributed by atoms with van der Waals surface area (Å²) in [4.78, 5) is 0. The highest BCUT2D eigenvalue weighted by molar-refractivity contribution is 5.96. The summed E-state index contributed by atoms with van der Waals surface area (Å²) in [5.41, 5.74) is 1.40. The van der Waals surface area contributed by atoms with E-state index in [0.29, 0.717) is 17.8 Å². The number of hydrogen-bond donors (Lipinski definition) is 2. The van der Waals surface area contributed by atoms with Gasteiger partial charge in [-0.25, -0.2) is 0 Å². The normalized spacial score (nSPS) is 48.9. The highest BCUT2D eigenvalue weighted by atomic mass is 16.4. The van der Waals surface area contributed by atoms with Gasteiger partial charge in [0.15, 0.2) is 0 Å². The summed E-state index contributed by atoms with van der Waals surface area (Å²) in [5, 5.41) is 23.7. The number of oxime groups is 1. The third-order valence-corrected chi connectivity index (χ3v) is 8.16. The van der Waals surface area contributed by atoms with Gasteiger partial charge in [0.1, 0.15) is 5.60 Å². The number of hydrogen-bond acceptors (Lipinski definition) is 3. The van der Waals surface area contributed by atoms with Gasteiger partial charge in [0, 0.05) is 5.41 Å². The third kappa shape index (κ3) is 1.99. The Morgan fingerprint density at radius 2 is 2.04 bits per heavy atom. The van der Waals surface area contributed by atoms with Gasteiger partial charge in [-0.15, -0.1) is 6.42 Å². The van der Waals surface area contributed by atoms with Crippen molar-refractivity contribution in [2.75, 3.05) is 0 Å². The lowest BCUT2D eigenvalue weighted by Crippen LogP contribution is -2.53. The molecule has 0 aromatic rings. The molecule has 0 spiro atoms. The van der Waals surface area contributed by atoms with Gasteiger partial charge in [0.2, 0.25) is 0 Å². The first-order chi connectivity index (χ1) is 11.6. The van der Waals surface area contributed by atoms with E-state index in [1.165, 1.54) is 18.4 Å². The average Bonchev–Trinajstić information content (AvgIpc) is 2.94. The molecular formula is C21H29NO2. The van der Waals surface area contributed by atoms with Gasteiger partial charge in [-0.2, -0.15) is 0 Å². The van der Waals surface area contributed by atoms with Crippen LogP contribution in [0.5, 0.6) is 0 Å². The third-order valence-electron chi connectivity index (χ3n) is 8.16. The quantitative estimate of drug-likeness (QED) is 0.432. The number of allylic oxidation sites excluding steroid dienone is 2. The highest BCUT2D eigenvalue weighted by Gasteiger charge is 2.63. The molecule has 1 unspecified atom stereocenters. The van der Waals surface area contributed by atoms with Crippen molar-refractivity contribution in [1.82, 2.24) is 0 Å². The van der Waals surface area contributed by atoms with Crippen LogP contribution in [0, 0.1) is 41.4 Å². The van der Waals surface area contributed by atoms with E-state index in [9.17, 15) is 5.11 Å². The van der Waals surface area contributed by atoms with Crippen molar-refractivity contribution in [3.05, 3.63) is 11.6 Å². The van der Waals surface area contributed by atoms with Gasteiger partial charge in [-0.05, 0) is 87.5 Å². The monoisotopic (exact) mass is 327 g/mol. The van der Waals surface area contributed by atoms with Crippen molar-refractivity contribution in [2.24, 2.45) is 34.2 Å². The number of terminal acetylenes is 1. The Hall–Kier alpha value is -1.27. The molecular weight excluding hydrogens is 298 g/mol. The predicted molar refractivity (Wildman–Crippen MR) is 94.7 cm³/mol. The zero-order valence-electron chi connectivity index (χ0n) is 14.7. The van der Waals surface area contributed by atoms with E-state index >= 15 is 0 Å². The van der Waals surface area contributed by atoms with Crippen LogP contribution in [0.2, 0.25) is 0 Å². The standard InChI is InChI=1S/C21H29NO2/c1-3-20-11-9-17-16-8-6-15(22-24)13-14(16)5-7-18(17)19(20)10-12-21(20,23)4-2/h2,13,16-19,23-24H,3,5-12H2,1H3/b22-15+/t16-,17+,18+,19-,20?,21-/m0/s1. The molecule has 4 rings (SSSR count). The molecule has 3 fully saturated rings. The molecule has 0 radical (unpaired) electrons. The van der Waals surface area contributed by atoms with Crippen LogP contribution in [0.3, 0.4) is 0 Å². The number of nitrogens with zero attached hydrogens (tertiary/aromatic N) is 1. The fraction of sp³-hybridized carbons (Fsp3) is 0.762. The predicted octanol–water partition coefficient (Wildman–Crippen LogP) is 4.14. The Morgan fingerprint density at radius 1 is 1.21 bits per heavy atom. The maximum absolute atomic E-state index is 11.1. The molecule has 0 aromatic heterocycles. The molecule has 130 valence electrons. The van der Waals surface area contributed by atoms with Crippen LogP contribution in [0.4, 0.5) is 0 Å². The highest BCUT2D eigenvalue weighted by Crippen LogP contribution is 2.66. The molecule has 0 saturated heterocycles. The molecule has 3 nitrogen and oxygen atoms in total. The lowest BCUT2D eigenvalue weighted by atomic mass is 9.49. The first kappa shape index (κ1) is 16.2. The second-order valence-electron chi connectivity index (χ2n) is 8.52. The van der Waals surface area contributed by atoms with Crippen molar-refractivity contribution >= 4 is 5.71 Å². The summed E-state index contributed by atoms with van der Waals surface area (Å²) in [6, 6.07) is 0. The number of aliphatic hydroxyl groups is 1. The first-order valence-corrected chi connectivity index (χ1v) is 9.70. The van der Waals surface area contributed by atoms with Crippen LogP contribution < -0.4 is 0 Å². The zero-order valence-corrected chi connectivity index (χ0v) is 14.7. The smallest absolute Gasteiger partial charge is 0.131 e. The molecule has 3 saturated carbocycles. The van der Waals surface area contributed by atoms with Gasteiger partial charge in [0.25, 0.3) is 0 Å². The molecule has 6 atom stereocenters. The van der Waals surface area contributed by atoms with Gasteiger partial charge in [0.05, 0.1) is 5.71 Å². The van der Waals surface area contributed by atoms with Gasteiger partial charge in [-0.1, -0.05) is 23.6 Å². The summed E-state index contributed by atoms with van der Waals surface area (Å²) >= 11 is 0. The molecule has 2 N–H and O–H groups in total. The van der Waals surface area contributed by atoms with Crippen LogP contribution in [0.25, 0.3) is 0 Å². The Labute approximate surface area is 145 Å². The van der Waals surface area contributed by atoms with Crippen molar-refractivity contribution < 1.29 is 10.3 Å². The number of rotatable bonds is 1. The molecule has 4 aliphatic rings. The summed E-state index contributed by atoms with van der Waals surface area (Å²) < 4.78 is 0. The van der Waals surface area contributed by atoms with E-state index in [1.54, 1.807) is 0 Å². The van der Waals surface area contributed by atoms with Crippen LogP contribution in [-0.4, -0.2) is 21.6 Å². The maximum atomic E-state index is 11.1. The van der Waals surface area contributed by atoms with Crippen LogP contribution in [-0.2, 0) is 0 Å². The molecule has 0 amide bonds. The molecule has 24 heavy (non-hydrogen) atoms. The lowest BCUT2D eigenvalue weighted by molar-refractivity contribution is -0.0989. The summed E-state index contributed by atoms with van der Waals surface area (Å²) in [6.45, 7) is 2.22. The van der Waals surface area contributed by atoms with E-state index in [0.717, 1.165) is 56.6 Å². The van der Waals surface area contributed by atoms with E-state index in [1.807, 2.05) is 0 Å². The van der Waals surface area contributed by atoms with Crippen molar-refractivity contribution in [2.45, 2.75) is 70.3 Å². The Morgan fingerprint density at radius 3 is 2.75 bits per heavy atom. The van der Waals surface area contributed by atoms with Gasteiger partial charge >= 0.3 is 0 Å². The molecule has 0 aliphatic heterocycles. The summed E-state index contributed by atoms with van der Waals surface area (Å²) in [6.07, 6.45) is 17.4. The average molecular weight is 327 g/mol. The minimum atomic E-state index is -0.892. The van der Waals surface area contributed by atoms with Crippen LogP contribution in [0.1, 0.15) is 64.7 Å².